The number of aryl methyl sites for hydroxylation is 1. The molecule has 3 aromatic rings. The van der Waals surface area contributed by atoms with Gasteiger partial charge in [0.15, 0.2) is 0 Å². The Morgan fingerprint density at radius 3 is 2.46 bits per heavy atom. The fourth-order valence-electron chi connectivity index (χ4n) is 3.01. The summed E-state index contributed by atoms with van der Waals surface area (Å²) < 4.78 is 5.37. The van der Waals surface area contributed by atoms with Crippen LogP contribution in [0.3, 0.4) is 0 Å². The summed E-state index contributed by atoms with van der Waals surface area (Å²) in [6, 6.07) is 19.4. The predicted molar refractivity (Wildman–Crippen MR) is 113 cm³/mol. The molecule has 28 heavy (non-hydrogen) atoms. The normalized spacial score (nSPS) is 10.4. The van der Waals surface area contributed by atoms with E-state index in [1.807, 2.05) is 48.5 Å². The van der Waals surface area contributed by atoms with Crippen molar-refractivity contribution in [1.29, 1.82) is 0 Å². The van der Waals surface area contributed by atoms with Gasteiger partial charge in [-0.25, -0.2) is 4.98 Å². The Morgan fingerprint density at radius 2 is 1.75 bits per heavy atom. The van der Waals surface area contributed by atoms with Crippen LogP contribution in [0.2, 0.25) is 0 Å². The average Bonchev–Trinajstić information content (AvgIpc) is 2.75. The summed E-state index contributed by atoms with van der Waals surface area (Å²) in [6.07, 6.45) is 3.28. The Morgan fingerprint density at radius 1 is 1.00 bits per heavy atom. The van der Waals surface area contributed by atoms with Gasteiger partial charge in [0.1, 0.15) is 11.6 Å². The summed E-state index contributed by atoms with van der Waals surface area (Å²) in [5.74, 6) is 1.46. The number of aromatic nitrogens is 1. The number of carbonyl (C=O) groups excluding carboxylic acids is 1. The van der Waals surface area contributed by atoms with E-state index in [4.69, 9.17) is 4.74 Å². The number of hydrogen-bond acceptors (Lipinski definition) is 4. The third-order valence-electron chi connectivity index (χ3n) is 4.57. The van der Waals surface area contributed by atoms with Crippen molar-refractivity contribution in [3.05, 3.63) is 83.6 Å². The van der Waals surface area contributed by atoms with E-state index in [0.29, 0.717) is 5.56 Å². The predicted octanol–water partition coefficient (Wildman–Crippen LogP) is 4.56. The zero-order valence-corrected chi connectivity index (χ0v) is 16.2. The number of ether oxygens (including phenoxy) is 1. The summed E-state index contributed by atoms with van der Waals surface area (Å²) in [7, 11) is 1.68. The Bertz CT molecular complexity index is 923. The topological polar surface area (TPSA) is 63.2 Å². The van der Waals surface area contributed by atoms with Crippen LogP contribution in [0, 0.1) is 0 Å². The standard InChI is InChI=1S/C23H25N3O2/c1-3-17-8-4-6-10-20(17)26-23(27)19-12-13-22(25-16-19)24-15-14-18-9-5-7-11-21(18)28-2/h4-13,16H,3,14-15H2,1-2H3,(H,24,25)(H,26,27). The number of benzene rings is 2. The zero-order chi connectivity index (χ0) is 19.8. The third-order valence-corrected chi connectivity index (χ3v) is 4.57. The number of nitrogens with zero attached hydrogens (tertiary/aromatic N) is 1. The highest BCUT2D eigenvalue weighted by atomic mass is 16.5. The molecule has 1 heterocycles. The Hall–Kier alpha value is -3.34. The molecule has 0 aliphatic heterocycles. The Balaban J connectivity index is 1.56. The minimum Gasteiger partial charge on any atom is -0.496 e. The van der Waals surface area contributed by atoms with E-state index in [1.165, 1.54) is 0 Å². The summed E-state index contributed by atoms with van der Waals surface area (Å²) in [5, 5.41) is 6.24. The SMILES string of the molecule is CCc1ccccc1NC(=O)c1ccc(NCCc2ccccc2OC)nc1. The van der Waals surface area contributed by atoms with Gasteiger partial charge in [-0.05, 0) is 48.2 Å². The van der Waals surface area contributed by atoms with E-state index in [9.17, 15) is 4.79 Å². The van der Waals surface area contributed by atoms with E-state index in [1.54, 1.807) is 19.4 Å². The smallest absolute Gasteiger partial charge is 0.257 e. The molecule has 5 heteroatoms. The maximum Gasteiger partial charge on any atom is 0.257 e. The minimum atomic E-state index is -0.158. The molecule has 0 spiro atoms. The second kappa shape index (κ2) is 9.55. The quantitative estimate of drug-likeness (QED) is 0.606. The Labute approximate surface area is 165 Å². The number of amides is 1. The van der Waals surface area contributed by atoms with Gasteiger partial charge < -0.3 is 15.4 Å². The number of anilines is 2. The molecule has 5 nitrogen and oxygen atoms in total. The number of rotatable bonds is 8. The molecule has 2 N–H and O–H groups in total. The van der Waals surface area contributed by atoms with Gasteiger partial charge in [0.2, 0.25) is 0 Å². The fourth-order valence-corrected chi connectivity index (χ4v) is 3.01. The van der Waals surface area contributed by atoms with Gasteiger partial charge in [0.05, 0.1) is 12.7 Å². The molecule has 0 aliphatic rings. The molecular formula is C23H25N3O2. The highest BCUT2D eigenvalue weighted by molar-refractivity contribution is 6.04. The molecule has 0 bridgehead atoms. The molecule has 0 radical (unpaired) electrons. The summed E-state index contributed by atoms with van der Waals surface area (Å²) >= 11 is 0. The van der Waals surface area contributed by atoms with E-state index in [-0.39, 0.29) is 5.91 Å². The third kappa shape index (κ3) is 4.88. The number of carbonyl (C=O) groups is 1. The fraction of sp³-hybridized carbons (Fsp3) is 0.217. The lowest BCUT2D eigenvalue weighted by atomic mass is 10.1. The molecule has 144 valence electrons. The van der Waals surface area contributed by atoms with Crippen molar-refractivity contribution in [2.45, 2.75) is 19.8 Å². The van der Waals surface area contributed by atoms with Gasteiger partial charge in [-0.2, -0.15) is 0 Å². The first-order chi connectivity index (χ1) is 13.7. The molecule has 3 rings (SSSR count). The maximum atomic E-state index is 12.5. The molecule has 0 saturated heterocycles. The highest BCUT2D eigenvalue weighted by Crippen LogP contribution is 2.18. The van der Waals surface area contributed by atoms with Crippen LogP contribution < -0.4 is 15.4 Å². The average molecular weight is 375 g/mol. The van der Waals surface area contributed by atoms with E-state index < -0.39 is 0 Å². The molecule has 1 aromatic heterocycles. The van der Waals surface area contributed by atoms with Gasteiger partial charge in [-0.3, -0.25) is 4.79 Å². The molecule has 2 aromatic carbocycles. The molecule has 0 unspecified atom stereocenters. The number of nitrogens with one attached hydrogen (secondary N) is 2. The molecular weight excluding hydrogens is 350 g/mol. The van der Waals surface area contributed by atoms with Gasteiger partial charge in [0, 0.05) is 18.4 Å². The minimum absolute atomic E-state index is 0.158. The summed E-state index contributed by atoms with van der Waals surface area (Å²) in [6.45, 7) is 2.79. The van der Waals surface area contributed by atoms with Gasteiger partial charge in [-0.15, -0.1) is 0 Å². The maximum absolute atomic E-state index is 12.5. The first kappa shape index (κ1) is 19.4. The van der Waals surface area contributed by atoms with Crippen molar-refractivity contribution in [3.63, 3.8) is 0 Å². The van der Waals surface area contributed by atoms with Gasteiger partial charge in [0.25, 0.3) is 5.91 Å². The summed E-state index contributed by atoms with van der Waals surface area (Å²) in [4.78, 5) is 16.8. The first-order valence-electron chi connectivity index (χ1n) is 9.42. The van der Waals surface area contributed by atoms with Crippen LogP contribution in [-0.4, -0.2) is 24.5 Å². The highest BCUT2D eigenvalue weighted by Gasteiger charge is 2.09. The zero-order valence-electron chi connectivity index (χ0n) is 16.2. The van der Waals surface area contributed by atoms with Crippen molar-refractivity contribution in [2.24, 2.45) is 0 Å². The first-order valence-corrected chi connectivity index (χ1v) is 9.42. The number of methoxy groups -OCH3 is 1. The van der Waals surface area contributed by atoms with Crippen molar-refractivity contribution in [2.75, 3.05) is 24.3 Å². The summed E-state index contributed by atoms with van der Waals surface area (Å²) in [5.41, 5.74) is 3.62. The van der Waals surface area contributed by atoms with E-state index >= 15 is 0 Å². The molecule has 0 aliphatic carbocycles. The number of para-hydroxylation sites is 2. The van der Waals surface area contributed by atoms with Crippen LogP contribution in [0.4, 0.5) is 11.5 Å². The lowest BCUT2D eigenvalue weighted by Crippen LogP contribution is -2.14. The molecule has 0 saturated carbocycles. The van der Waals surface area contributed by atoms with Crippen molar-refractivity contribution in [3.8, 4) is 5.75 Å². The van der Waals surface area contributed by atoms with E-state index in [0.717, 1.165) is 47.8 Å². The van der Waals surface area contributed by atoms with Crippen LogP contribution in [0.5, 0.6) is 5.75 Å². The lowest BCUT2D eigenvalue weighted by Gasteiger charge is -2.11. The van der Waals surface area contributed by atoms with Crippen molar-refractivity contribution >= 4 is 17.4 Å². The lowest BCUT2D eigenvalue weighted by molar-refractivity contribution is 0.102. The number of hydrogen-bond donors (Lipinski definition) is 2. The van der Waals surface area contributed by atoms with Crippen LogP contribution in [0.1, 0.15) is 28.4 Å². The van der Waals surface area contributed by atoms with Crippen LogP contribution in [0.25, 0.3) is 0 Å². The van der Waals surface area contributed by atoms with Gasteiger partial charge in [-0.1, -0.05) is 43.3 Å². The molecule has 1 amide bonds. The number of pyridine rings is 1. The van der Waals surface area contributed by atoms with Crippen LogP contribution in [-0.2, 0) is 12.8 Å². The second-order valence-electron chi connectivity index (χ2n) is 6.39. The van der Waals surface area contributed by atoms with E-state index in [2.05, 4.69) is 28.6 Å². The molecule has 0 fully saturated rings. The van der Waals surface area contributed by atoms with Crippen LogP contribution in [0.15, 0.2) is 66.9 Å². The van der Waals surface area contributed by atoms with Gasteiger partial charge >= 0.3 is 0 Å². The van der Waals surface area contributed by atoms with Crippen molar-refractivity contribution < 1.29 is 9.53 Å². The molecule has 0 atom stereocenters. The Kier molecular flexibility index (Phi) is 6.63. The van der Waals surface area contributed by atoms with Crippen molar-refractivity contribution in [1.82, 2.24) is 4.98 Å². The monoisotopic (exact) mass is 375 g/mol. The largest absolute Gasteiger partial charge is 0.496 e. The second-order valence-corrected chi connectivity index (χ2v) is 6.39. The van der Waals surface area contributed by atoms with Crippen LogP contribution >= 0.6 is 0 Å².